The van der Waals surface area contributed by atoms with Gasteiger partial charge in [-0.1, -0.05) is 30.0 Å². The highest BCUT2D eigenvalue weighted by Gasteiger charge is 2.14. The standard InChI is InChI=1S/C21H21N5O3S2/c1-2-29-12-6-11-26-20(28)14-7-3-4-8-15(14)23-21(26)30-13-18(27)22-16-9-5-10-17-19(16)25-31-24-17/h3-5,7-10H,2,6,11-13H2,1H3,(H,22,27). The molecule has 0 atom stereocenters. The van der Waals surface area contributed by atoms with E-state index in [2.05, 4.69) is 19.0 Å². The highest BCUT2D eigenvalue weighted by molar-refractivity contribution is 7.99. The summed E-state index contributed by atoms with van der Waals surface area (Å²) in [7, 11) is 0. The van der Waals surface area contributed by atoms with Crippen LogP contribution in [0.2, 0.25) is 0 Å². The van der Waals surface area contributed by atoms with Crippen LogP contribution in [0.4, 0.5) is 5.69 Å². The van der Waals surface area contributed by atoms with Gasteiger partial charge in [0.1, 0.15) is 11.0 Å². The third-order valence-electron chi connectivity index (χ3n) is 4.59. The van der Waals surface area contributed by atoms with Gasteiger partial charge in [-0.05, 0) is 37.6 Å². The molecule has 0 bridgehead atoms. The van der Waals surface area contributed by atoms with E-state index in [0.29, 0.717) is 53.4 Å². The van der Waals surface area contributed by atoms with E-state index in [1.54, 1.807) is 22.8 Å². The molecule has 4 aromatic rings. The number of anilines is 1. The van der Waals surface area contributed by atoms with E-state index in [0.717, 1.165) is 17.2 Å². The first-order chi connectivity index (χ1) is 15.2. The van der Waals surface area contributed by atoms with Crippen LogP contribution in [-0.2, 0) is 16.1 Å². The van der Waals surface area contributed by atoms with Gasteiger partial charge < -0.3 is 10.1 Å². The number of aromatic nitrogens is 4. The number of benzene rings is 2. The van der Waals surface area contributed by atoms with E-state index in [-0.39, 0.29) is 17.2 Å². The Hall–Kier alpha value is -2.82. The molecule has 2 aromatic carbocycles. The molecule has 1 amide bonds. The molecule has 31 heavy (non-hydrogen) atoms. The Balaban J connectivity index is 1.53. The SMILES string of the molecule is CCOCCCn1c(SCC(=O)Nc2cccc3nsnc23)nc2ccccc2c1=O. The summed E-state index contributed by atoms with van der Waals surface area (Å²) in [5.74, 6) is -0.0849. The van der Waals surface area contributed by atoms with E-state index in [1.807, 2.05) is 31.2 Å². The number of nitrogens with one attached hydrogen (secondary N) is 1. The fourth-order valence-electron chi connectivity index (χ4n) is 3.15. The van der Waals surface area contributed by atoms with E-state index in [9.17, 15) is 9.59 Å². The van der Waals surface area contributed by atoms with Crippen LogP contribution in [0, 0.1) is 0 Å². The van der Waals surface area contributed by atoms with Crippen molar-refractivity contribution in [3.8, 4) is 0 Å². The molecular weight excluding hydrogens is 434 g/mol. The molecule has 0 aliphatic carbocycles. The quantitative estimate of drug-likeness (QED) is 0.234. The number of thioether (sulfide) groups is 1. The van der Waals surface area contributed by atoms with Crippen molar-refractivity contribution in [2.75, 3.05) is 24.3 Å². The molecule has 0 saturated heterocycles. The first-order valence-corrected chi connectivity index (χ1v) is 11.6. The van der Waals surface area contributed by atoms with Crippen LogP contribution in [0.5, 0.6) is 0 Å². The average Bonchev–Trinajstić information content (AvgIpc) is 3.27. The number of carbonyl (C=O) groups excluding carboxylic acids is 1. The molecule has 2 aromatic heterocycles. The van der Waals surface area contributed by atoms with Gasteiger partial charge in [-0.2, -0.15) is 8.75 Å². The summed E-state index contributed by atoms with van der Waals surface area (Å²) in [5.41, 5.74) is 2.55. The molecule has 0 unspecified atom stereocenters. The lowest BCUT2D eigenvalue weighted by Crippen LogP contribution is -2.25. The number of rotatable bonds is 9. The van der Waals surface area contributed by atoms with Crippen molar-refractivity contribution in [1.82, 2.24) is 18.3 Å². The molecule has 8 nitrogen and oxygen atoms in total. The lowest BCUT2D eigenvalue weighted by atomic mass is 10.2. The maximum absolute atomic E-state index is 13.0. The van der Waals surface area contributed by atoms with E-state index in [4.69, 9.17) is 4.74 Å². The first-order valence-electron chi connectivity index (χ1n) is 9.88. The summed E-state index contributed by atoms with van der Waals surface area (Å²) < 4.78 is 15.5. The Morgan fingerprint density at radius 2 is 2.00 bits per heavy atom. The topological polar surface area (TPSA) is 99.0 Å². The maximum Gasteiger partial charge on any atom is 0.262 e. The van der Waals surface area contributed by atoms with Gasteiger partial charge >= 0.3 is 0 Å². The fourth-order valence-corrected chi connectivity index (χ4v) is 4.52. The zero-order chi connectivity index (χ0) is 21.6. The summed E-state index contributed by atoms with van der Waals surface area (Å²) in [6.45, 7) is 3.61. The normalized spacial score (nSPS) is 11.3. The summed E-state index contributed by atoms with van der Waals surface area (Å²) in [6.07, 6.45) is 0.687. The van der Waals surface area contributed by atoms with Crippen LogP contribution >= 0.6 is 23.5 Å². The van der Waals surface area contributed by atoms with Crippen molar-refractivity contribution < 1.29 is 9.53 Å². The van der Waals surface area contributed by atoms with Gasteiger partial charge in [-0.15, -0.1) is 0 Å². The molecule has 1 N–H and O–H groups in total. The second-order valence-electron chi connectivity index (χ2n) is 6.69. The van der Waals surface area contributed by atoms with Gasteiger partial charge in [0.25, 0.3) is 5.56 Å². The number of nitrogens with zero attached hydrogens (tertiary/aromatic N) is 4. The molecular formula is C21H21N5O3S2. The van der Waals surface area contributed by atoms with Crippen molar-refractivity contribution in [3.05, 3.63) is 52.8 Å². The second-order valence-corrected chi connectivity index (χ2v) is 8.16. The molecule has 10 heteroatoms. The largest absolute Gasteiger partial charge is 0.382 e. The second kappa shape index (κ2) is 9.99. The third-order valence-corrected chi connectivity index (χ3v) is 6.11. The number of hydrogen-bond donors (Lipinski definition) is 1. The van der Waals surface area contributed by atoms with Crippen LogP contribution in [0.25, 0.3) is 21.9 Å². The van der Waals surface area contributed by atoms with E-state index < -0.39 is 0 Å². The molecule has 0 fully saturated rings. The average molecular weight is 456 g/mol. The summed E-state index contributed by atoms with van der Waals surface area (Å²) >= 11 is 2.35. The molecule has 4 rings (SSSR count). The van der Waals surface area contributed by atoms with Crippen molar-refractivity contribution in [2.24, 2.45) is 0 Å². The van der Waals surface area contributed by atoms with Gasteiger partial charge in [0, 0.05) is 19.8 Å². The van der Waals surface area contributed by atoms with E-state index >= 15 is 0 Å². The molecule has 0 radical (unpaired) electrons. The molecule has 160 valence electrons. The van der Waals surface area contributed by atoms with Gasteiger partial charge in [0.15, 0.2) is 5.16 Å². The van der Waals surface area contributed by atoms with Crippen molar-refractivity contribution in [3.63, 3.8) is 0 Å². The number of fused-ring (bicyclic) bond motifs is 2. The number of hydrogen-bond acceptors (Lipinski definition) is 8. The van der Waals surface area contributed by atoms with Crippen LogP contribution in [-0.4, -0.2) is 43.2 Å². The molecule has 2 heterocycles. The molecule has 0 aliphatic rings. The number of para-hydroxylation sites is 1. The number of amides is 1. The van der Waals surface area contributed by atoms with Crippen LogP contribution in [0.3, 0.4) is 0 Å². The molecule has 0 saturated carbocycles. The van der Waals surface area contributed by atoms with Crippen molar-refractivity contribution in [1.29, 1.82) is 0 Å². The third kappa shape index (κ3) is 4.92. The molecule has 0 aliphatic heterocycles. The van der Waals surface area contributed by atoms with Gasteiger partial charge in [-0.25, -0.2) is 4.98 Å². The van der Waals surface area contributed by atoms with E-state index in [1.165, 1.54) is 11.8 Å². The highest BCUT2D eigenvalue weighted by atomic mass is 32.2. The Bertz CT molecular complexity index is 1270. The minimum atomic E-state index is -0.200. The Morgan fingerprint density at radius 3 is 2.87 bits per heavy atom. The lowest BCUT2D eigenvalue weighted by Gasteiger charge is -2.13. The van der Waals surface area contributed by atoms with Gasteiger partial charge in [0.05, 0.1) is 34.1 Å². The Morgan fingerprint density at radius 1 is 1.16 bits per heavy atom. The minimum absolute atomic E-state index is 0.108. The zero-order valence-electron chi connectivity index (χ0n) is 16.9. The highest BCUT2D eigenvalue weighted by Crippen LogP contribution is 2.22. The predicted molar refractivity (Wildman–Crippen MR) is 124 cm³/mol. The first kappa shape index (κ1) is 21.4. The van der Waals surface area contributed by atoms with Crippen LogP contribution in [0.15, 0.2) is 52.4 Å². The summed E-state index contributed by atoms with van der Waals surface area (Å²) in [6, 6.07) is 12.7. The molecule has 0 spiro atoms. The van der Waals surface area contributed by atoms with Crippen LogP contribution in [0.1, 0.15) is 13.3 Å². The van der Waals surface area contributed by atoms with Crippen LogP contribution < -0.4 is 10.9 Å². The summed E-state index contributed by atoms with van der Waals surface area (Å²) in [5, 5.41) is 3.96. The fraction of sp³-hybridized carbons (Fsp3) is 0.286. The Kier molecular flexibility index (Phi) is 6.90. The van der Waals surface area contributed by atoms with Gasteiger partial charge in [0.2, 0.25) is 5.91 Å². The lowest BCUT2D eigenvalue weighted by molar-refractivity contribution is -0.113. The maximum atomic E-state index is 13.0. The monoisotopic (exact) mass is 455 g/mol. The summed E-state index contributed by atoms with van der Waals surface area (Å²) in [4.78, 5) is 30.3. The Labute approximate surface area is 187 Å². The number of carbonyl (C=O) groups is 1. The van der Waals surface area contributed by atoms with Crippen molar-refractivity contribution in [2.45, 2.75) is 25.0 Å². The minimum Gasteiger partial charge on any atom is -0.382 e. The predicted octanol–water partition coefficient (Wildman–Crippen LogP) is 3.56. The van der Waals surface area contributed by atoms with Crippen molar-refractivity contribution >= 4 is 57.0 Å². The number of ether oxygens (including phenoxy) is 1. The zero-order valence-corrected chi connectivity index (χ0v) is 18.5. The van der Waals surface area contributed by atoms with Gasteiger partial charge in [-0.3, -0.25) is 14.2 Å². The smallest absolute Gasteiger partial charge is 0.262 e.